The molecular weight excluding hydrogens is 216 g/mol. The molecule has 0 unspecified atom stereocenters. The molecule has 4 nitrogen and oxygen atoms in total. The molecule has 1 aliphatic heterocycles. The largest absolute Gasteiger partial charge is 0.450 e. The van der Waals surface area contributed by atoms with Crippen molar-refractivity contribution in [1.82, 2.24) is 10.2 Å². The second-order valence-electron chi connectivity index (χ2n) is 4.62. The van der Waals surface area contributed by atoms with Crippen molar-refractivity contribution in [2.75, 3.05) is 26.2 Å². The first-order valence-electron chi connectivity index (χ1n) is 6.93. The summed E-state index contributed by atoms with van der Waals surface area (Å²) in [5.74, 6) is 0. The third-order valence-corrected chi connectivity index (χ3v) is 3.23. The highest BCUT2D eigenvalue weighted by molar-refractivity contribution is 5.67. The van der Waals surface area contributed by atoms with Gasteiger partial charge in [-0.25, -0.2) is 4.79 Å². The second-order valence-corrected chi connectivity index (χ2v) is 4.62. The normalized spacial score (nSPS) is 17.2. The Morgan fingerprint density at radius 3 is 2.59 bits per heavy atom. The summed E-state index contributed by atoms with van der Waals surface area (Å²) in [5.41, 5.74) is 0. The van der Waals surface area contributed by atoms with E-state index in [1.807, 2.05) is 11.8 Å². The van der Waals surface area contributed by atoms with Crippen LogP contribution in [0.15, 0.2) is 0 Å². The van der Waals surface area contributed by atoms with Gasteiger partial charge in [0.15, 0.2) is 0 Å². The van der Waals surface area contributed by atoms with E-state index in [-0.39, 0.29) is 6.09 Å². The predicted octanol–water partition coefficient (Wildman–Crippen LogP) is 2.39. The minimum atomic E-state index is -0.156. The zero-order chi connectivity index (χ0) is 12.5. The number of hydrogen-bond acceptors (Lipinski definition) is 3. The van der Waals surface area contributed by atoms with Gasteiger partial charge in [0.1, 0.15) is 0 Å². The molecule has 1 N–H and O–H groups in total. The van der Waals surface area contributed by atoms with Gasteiger partial charge in [0.2, 0.25) is 0 Å². The van der Waals surface area contributed by atoms with E-state index in [0.29, 0.717) is 12.6 Å². The van der Waals surface area contributed by atoms with Crippen LogP contribution >= 0.6 is 0 Å². The fraction of sp³-hybridized carbons (Fsp3) is 0.923. The summed E-state index contributed by atoms with van der Waals surface area (Å²) >= 11 is 0. The van der Waals surface area contributed by atoms with Crippen LogP contribution < -0.4 is 5.32 Å². The summed E-state index contributed by atoms with van der Waals surface area (Å²) in [4.78, 5) is 13.3. The predicted molar refractivity (Wildman–Crippen MR) is 69.1 cm³/mol. The van der Waals surface area contributed by atoms with Gasteiger partial charge in [0.05, 0.1) is 6.61 Å². The lowest BCUT2D eigenvalue weighted by atomic mass is 10.1. The number of unbranched alkanes of at least 4 members (excludes halogenated alkanes) is 2. The van der Waals surface area contributed by atoms with Gasteiger partial charge >= 0.3 is 6.09 Å². The Balaban J connectivity index is 2.11. The van der Waals surface area contributed by atoms with Crippen LogP contribution in [0.1, 0.15) is 46.0 Å². The highest BCUT2D eigenvalue weighted by Gasteiger charge is 2.22. The van der Waals surface area contributed by atoms with Crippen molar-refractivity contribution in [3.63, 3.8) is 0 Å². The Labute approximate surface area is 105 Å². The maximum atomic E-state index is 11.5. The van der Waals surface area contributed by atoms with Gasteiger partial charge in [0.25, 0.3) is 0 Å². The van der Waals surface area contributed by atoms with Crippen molar-refractivity contribution >= 4 is 6.09 Å². The Morgan fingerprint density at radius 2 is 2.00 bits per heavy atom. The Bertz CT molecular complexity index is 213. The Morgan fingerprint density at radius 1 is 1.29 bits per heavy atom. The van der Waals surface area contributed by atoms with Gasteiger partial charge in [0, 0.05) is 19.1 Å². The average Bonchev–Trinajstić information content (AvgIpc) is 2.36. The molecule has 1 fully saturated rings. The standard InChI is InChI=1S/C13H26N2O2/c1-3-5-6-9-14-12-7-10-15(11-8-12)13(16)17-4-2/h12,14H,3-11H2,1-2H3. The van der Waals surface area contributed by atoms with E-state index in [4.69, 9.17) is 4.74 Å². The van der Waals surface area contributed by atoms with Gasteiger partial charge in [-0.05, 0) is 32.7 Å². The van der Waals surface area contributed by atoms with Gasteiger partial charge in [-0.3, -0.25) is 0 Å². The van der Waals surface area contributed by atoms with Crippen LogP contribution in [0.2, 0.25) is 0 Å². The van der Waals surface area contributed by atoms with Crippen molar-refractivity contribution in [2.24, 2.45) is 0 Å². The molecule has 0 aliphatic carbocycles. The summed E-state index contributed by atoms with van der Waals surface area (Å²) in [6.07, 6.45) is 5.76. The number of piperidine rings is 1. The van der Waals surface area contributed by atoms with Crippen LogP contribution in [0.4, 0.5) is 4.79 Å². The smallest absolute Gasteiger partial charge is 0.409 e. The van der Waals surface area contributed by atoms with Crippen LogP contribution in [0.3, 0.4) is 0 Å². The molecule has 0 aromatic heterocycles. The molecule has 0 spiro atoms. The fourth-order valence-corrected chi connectivity index (χ4v) is 2.16. The molecule has 1 heterocycles. The first kappa shape index (κ1) is 14.3. The second kappa shape index (κ2) is 8.34. The van der Waals surface area contributed by atoms with E-state index >= 15 is 0 Å². The first-order chi connectivity index (χ1) is 8.27. The summed E-state index contributed by atoms with van der Waals surface area (Å²) in [7, 11) is 0. The fourth-order valence-electron chi connectivity index (χ4n) is 2.16. The number of likely N-dealkylation sites (tertiary alicyclic amines) is 1. The third-order valence-electron chi connectivity index (χ3n) is 3.23. The lowest BCUT2D eigenvalue weighted by Gasteiger charge is -2.31. The Kier molecular flexibility index (Phi) is 7.01. The van der Waals surface area contributed by atoms with Crippen molar-refractivity contribution in [2.45, 2.75) is 52.0 Å². The highest BCUT2D eigenvalue weighted by atomic mass is 16.6. The molecule has 0 aromatic rings. The summed E-state index contributed by atoms with van der Waals surface area (Å²) < 4.78 is 5.00. The topological polar surface area (TPSA) is 41.6 Å². The zero-order valence-corrected chi connectivity index (χ0v) is 11.2. The number of nitrogens with zero attached hydrogens (tertiary/aromatic N) is 1. The lowest BCUT2D eigenvalue weighted by Crippen LogP contribution is -2.45. The summed E-state index contributed by atoms with van der Waals surface area (Å²) in [6.45, 7) is 7.29. The van der Waals surface area contributed by atoms with E-state index in [0.717, 1.165) is 32.5 Å². The van der Waals surface area contributed by atoms with Crippen molar-refractivity contribution in [3.05, 3.63) is 0 Å². The number of hydrogen-bond donors (Lipinski definition) is 1. The van der Waals surface area contributed by atoms with E-state index in [9.17, 15) is 4.79 Å². The monoisotopic (exact) mass is 242 g/mol. The molecular formula is C13H26N2O2. The minimum Gasteiger partial charge on any atom is -0.450 e. The van der Waals surface area contributed by atoms with Gasteiger partial charge in [-0.1, -0.05) is 19.8 Å². The molecule has 0 atom stereocenters. The molecule has 1 saturated heterocycles. The van der Waals surface area contributed by atoms with Crippen molar-refractivity contribution < 1.29 is 9.53 Å². The molecule has 0 bridgehead atoms. The van der Waals surface area contributed by atoms with E-state index in [1.54, 1.807) is 0 Å². The molecule has 17 heavy (non-hydrogen) atoms. The molecule has 100 valence electrons. The molecule has 0 radical (unpaired) electrons. The lowest BCUT2D eigenvalue weighted by molar-refractivity contribution is 0.0951. The van der Waals surface area contributed by atoms with Crippen molar-refractivity contribution in [1.29, 1.82) is 0 Å². The molecule has 1 rings (SSSR count). The molecule has 1 aliphatic rings. The highest BCUT2D eigenvalue weighted by Crippen LogP contribution is 2.11. The molecule has 0 saturated carbocycles. The number of carbonyl (C=O) groups is 1. The number of rotatable bonds is 6. The molecule has 4 heteroatoms. The molecule has 1 amide bonds. The summed E-state index contributed by atoms with van der Waals surface area (Å²) in [5, 5.41) is 3.57. The number of nitrogens with one attached hydrogen (secondary N) is 1. The van der Waals surface area contributed by atoms with E-state index < -0.39 is 0 Å². The van der Waals surface area contributed by atoms with Gasteiger partial charge < -0.3 is 15.0 Å². The first-order valence-corrected chi connectivity index (χ1v) is 6.93. The number of carbonyl (C=O) groups excluding carboxylic acids is 1. The minimum absolute atomic E-state index is 0.156. The van der Waals surface area contributed by atoms with Crippen molar-refractivity contribution in [3.8, 4) is 0 Å². The third kappa shape index (κ3) is 5.39. The van der Waals surface area contributed by atoms with Gasteiger partial charge in [-0.2, -0.15) is 0 Å². The van der Waals surface area contributed by atoms with Crippen LogP contribution in [0, 0.1) is 0 Å². The van der Waals surface area contributed by atoms with E-state index in [2.05, 4.69) is 12.2 Å². The number of amides is 1. The zero-order valence-electron chi connectivity index (χ0n) is 11.2. The quantitative estimate of drug-likeness (QED) is 0.727. The molecule has 0 aromatic carbocycles. The van der Waals surface area contributed by atoms with Crippen LogP contribution in [0.25, 0.3) is 0 Å². The maximum Gasteiger partial charge on any atom is 0.409 e. The SMILES string of the molecule is CCCCCNC1CCN(C(=O)OCC)CC1. The van der Waals surface area contributed by atoms with E-state index in [1.165, 1.54) is 19.3 Å². The van der Waals surface area contributed by atoms with Crippen LogP contribution in [-0.2, 0) is 4.74 Å². The Hall–Kier alpha value is -0.770. The maximum absolute atomic E-state index is 11.5. The van der Waals surface area contributed by atoms with Gasteiger partial charge in [-0.15, -0.1) is 0 Å². The summed E-state index contributed by atoms with van der Waals surface area (Å²) in [6, 6.07) is 0.581. The van der Waals surface area contributed by atoms with Crippen LogP contribution in [-0.4, -0.2) is 43.3 Å². The average molecular weight is 242 g/mol. The number of ether oxygens (including phenoxy) is 1. The van der Waals surface area contributed by atoms with Crippen LogP contribution in [0.5, 0.6) is 0 Å².